The Balaban J connectivity index is 2.66. The van der Waals surface area contributed by atoms with E-state index in [9.17, 15) is 35.5 Å². The maximum absolute atomic E-state index is 12.9. The van der Waals surface area contributed by atoms with Crippen molar-refractivity contribution >= 4 is 5.97 Å². The minimum absolute atomic E-state index is 0.0970. The molecule has 2 nitrogen and oxygen atoms in total. The standard InChI is InChI=1S/C12H9F7O2/c13-10(14,11(15,16)12(17,18)19)9(20)21-7-6-8-4-2-1-3-5-8/h1-5H,6-7H2. The lowest BCUT2D eigenvalue weighted by Gasteiger charge is -2.26. The van der Waals surface area contributed by atoms with Gasteiger partial charge in [0.25, 0.3) is 0 Å². The van der Waals surface area contributed by atoms with E-state index < -0.39 is 30.6 Å². The molecular formula is C12H9F7O2. The Morgan fingerprint density at radius 3 is 1.95 bits per heavy atom. The number of carbonyl (C=O) groups excluding carboxylic acids is 1. The SMILES string of the molecule is O=C(OCCc1ccccc1)C(F)(F)C(F)(F)C(F)(F)F. The van der Waals surface area contributed by atoms with Crippen molar-refractivity contribution in [2.24, 2.45) is 0 Å². The molecule has 118 valence electrons. The first-order valence-electron chi connectivity index (χ1n) is 5.53. The molecule has 0 radical (unpaired) electrons. The number of ether oxygens (including phenoxy) is 1. The lowest BCUT2D eigenvalue weighted by atomic mass is 10.1. The van der Waals surface area contributed by atoms with Crippen molar-refractivity contribution in [3.8, 4) is 0 Å². The lowest BCUT2D eigenvalue weighted by Crippen LogP contribution is -2.56. The Morgan fingerprint density at radius 2 is 1.48 bits per heavy atom. The van der Waals surface area contributed by atoms with E-state index in [-0.39, 0.29) is 6.42 Å². The number of alkyl halides is 7. The molecule has 0 spiro atoms. The fourth-order valence-electron chi connectivity index (χ4n) is 1.30. The first-order chi connectivity index (χ1) is 9.50. The smallest absolute Gasteiger partial charge is 0.460 e. The first-order valence-corrected chi connectivity index (χ1v) is 5.53. The van der Waals surface area contributed by atoms with Crippen LogP contribution in [0.4, 0.5) is 30.7 Å². The molecule has 0 aliphatic carbocycles. The summed E-state index contributed by atoms with van der Waals surface area (Å²) >= 11 is 0. The molecule has 21 heavy (non-hydrogen) atoms. The summed E-state index contributed by atoms with van der Waals surface area (Å²) in [5.74, 6) is -15.4. The van der Waals surface area contributed by atoms with Crippen LogP contribution >= 0.6 is 0 Å². The molecule has 0 fully saturated rings. The molecule has 0 saturated carbocycles. The Kier molecular flexibility index (Phi) is 4.85. The highest BCUT2D eigenvalue weighted by Crippen LogP contribution is 2.46. The van der Waals surface area contributed by atoms with E-state index in [0.29, 0.717) is 5.56 Å². The second-order valence-corrected chi connectivity index (χ2v) is 4.02. The zero-order chi connectivity index (χ0) is 16.3. The third kappa shape index (κ3) is 3.64. The van der Waals surface area contributed by atoms with Gasteiger partial charge in [-0.05, 0) is 5.56 Å². The van der Waals surface area contributed by atoms with Crippen LogP contribution in [0.3, 0.4) is 0 Å². The van der Waals surface area contributed by atoms with Crippen LogP contribution in [0.2, 0.25) is 0 Å². The molecule has 0 N–H and O–H groups in total. The van der Waals surface area contributed by atoms with Gasteiger partial charge in [-0.3, -0.25) is 0 Å². The molecule has 0 saturated heterocycles. The molecule has 0 bridgehead atoms. The van der Waals surface area contributed by atoms with Gasteiger partial charge in [0.1, 0.15) is 0 Å². The van der Waals surface area contributed by atoms with Crippen LogP contribution in [-0.2, 0) is 16.0 Å². The second-order valence-electron chi connectivity index (χ2n) is 4.02. The summed E-state index contributed by atoms with van der Waals surface area (Å²) in [6.45, 7) is -0.744. The van der Waals surface area contributed by atoms with E-state index in [2.05, 4.69) is 4.74 Å². The van der Waals surface area contributed by atoms with Crippen molar-refractivity contribution in [2.75, 3.05) is 6.61 Å². The normalized spacial score (nSPS) is 13.1. The van der Waals surface area contributed by atoms with E-state index in [4.69, 9.17) is 0 Å². The molecule has 0 heterocycles. The van der Waals surface area contributed by atoms with Crippen LogP contribution in [0.15, 0.2) is 30.3 Å². The van der Waals surface area contributed by atoms with Crippen LogP contribution in [0.1, 0.15) is 5.56 Å². The molecule has 0 atom stereocenters. The van der Waals surface area contributed by atoms with Gasteiger partial charge in [0, 0.05) is 6.42 Å². The van der Waals surface area contributed by atoms with E-state index in [0.717, 1.165) is 0 Å². The third-order valence-electron chi connectivity index (χ3n) is 2.47. The number of hydrogen-bond acceptors (Lipinski definition) is 2. The third-order valence-corrected chi connectivity index (χ3v) is 2.47. The number of esters is 1. The lowest BCUT2D eigenvalue weighted by molar-refractivity contribution is -0.348. The summed E-state index contributed by atoms with van der Waals surface area (Å²) in [4.78, 5) is 10.8. The molecular weight excluding hydrogens is 309 g/mol. The Bertz CT molecular complexity index is 482. The van der Waals surface area contributed by atoms with Crippen molar-refractivity contribution in [3.05, 3.63) is 35.9 Å². The molecule has 9 heteroatoms. The topological polar surface area (TPSA) is 26.3 Å². The van der Waals surface area contributed by atoms with Crippen molar-refractivity contribution in [1.82, 2.24) is 0 Å². The summed E-state index contributed by atoms with van der Waals surface area (Å²) in [5.41, 5.74) is 0.538. The summed E-state index contributed by atoms with van der Waals surface area (Å²) in [7, 11) is 0. The fourth-order valence-corrected chi connectivity index (χ4v) is 1.30. The number of benzene rings is 1. The highest BCUT2D eigenvalue weighted by molar-refractivity contribution is 5.79. The first kappa shape index (κ1) is 17.3. The van der Waals surface area contributed by atoms with Crippen LogP contribution in [0, 0.1) is 0 Å². The molecule has 0 aliphatic heterocycles. The van der Waals surface area contributed by atoms with Gasteiger partial charge in [0.2, 0.25) is 0 Å². The van der Waals surface area contributed by atoms with Crippen molar-refractivity contribution < 1.29 is 40.3 Å². The number of hydrogen-bond donors (Lipinski definition) is 0. The number of halogens is 7. The highest BCUT2D eigenvalue weighted by atomic mass is 19.4. The van der Waals surface area contributed by atoms with Crippen LogP contribution in [-0.4, -0.2) is 30.6 Å². The average molecular weight is 318 g/mol. The molecule has 0 aromatic heterocycles. The molecule has 0 unspecified atom stereocenters. The van der Waals surface area contributed by atoms with E-state index in [1.807, 2.05) is 0 Å². The van der Waals surface area contributed by atoms with Gasteiger partial charge in [-0.25, -0.2) is 4.79 Å². The monoisotopic (exact) mass is 318 g/mol. The molecule has 1 aromatic carbocycles. The summed E-state index contributed by atoms with van der Waals surface area (Å²) in [6, 6.07) is 7.90. The van der Waals surface area contributed by atoms with Crippen LogP contribution in [0.25, 0.3) is 0 Å². The Morgan fingerprint density at radius 1 is 0.952 bits per heavy atom. The summed E-state index contributed by atoms with van der Waals surface area (Å²) in [6.07, 6.45) is -6.66. The van der Waals surface area contributed by atoms with Gasteiger partial charge < -0.3 is 4.74 Å². The van der Waals surface area contributed by atoms with Gasteiger partial charge in [-0.1, -0.05) is 30.3 Å². The fraction of sp³-hybridized carbons (Fsp3) is 0.417. The molecule has 1 rings (SSSR count). The van der Waals surface area contributed by atoms with Gasteiger partial charge in [-0.15, -0.1) is 0 Å². The van der Waals surface area contributed by atoms with E-state index in [1.54, 1.807) is 18.2 Å². The van der Waals surface area contributed by atoms with Crippen LogP contribution in [0.5, 0.6) is 0 Å². The van der Waals surface area contributed by atoms with E-state index >= 15 is 0 Å². The van der Waals surface area contributed by atoms with Gasteiger partial charge in [0.05, 0.1) is 6.61 Å². The summed E-state index contributed by atoms with van der Waals surface area (Å²) in [5, 5.41) is 0. The minimum atomic E-state index is -6.56. The summed E-state index contributed by atoms with van der Waals surface area (Å²) < 4.78 is 90.2. The van der Waals surface area contributed by atoms with E-state index in [1.165, 1.54) is 12.1 Å². The predicted molar refractivity (Wildman–Crippen MR) is 57.1 cm³/mol. The molecule has 0 amide bonds. The predicted octanol–water partition coefficient (Wildman–Crippen LogP) is 3.61. The van der Waals surface area contributed by atoms with Gasteiger partial charge >= 0.3 is 24.0 Å². The molecule has 0 aliphatic rings. The number of rotatable bonds is 5. The average Bonchev–Trinajstić information content (AvgIpc) is 2.38. The zero-order valence-corrected chi connectivity index (χ0v) is 10.3. The minimum Gasteiger partial charge on any atom is -0.461 e. The van der Waals surface area contributed by atoms with Gasteiger partial charge in [0.15, 0.2) is 0 Å². The quantitative estimate of drug-likeness (QED) is 0.612. The van der Waals surface area contributed by atoms with Crippen LogP contribution < -0.4 is 0 Å². The Hall–Kier alpha value is -1.80. The number of carbonyl (C=O) groups is 1. The van der Waals surface area contributed by atoms with Crippen molar-refractivity contribution in [3.63, 3.8) is 0 Å². The maximum atomic E-state index is 12.9. The van der Waals surface area contributed by atoms with Crippen molar-refractivity contribution in [1.29, 1.82) is 0 Å². The molecule has 1 aromatic rings. The zero-order valence-electron chi connectivity index (χ0n) is 10.3. The second kappa shape index (κ2) is 5.90. The largest absolute Gasteiger partial charge is 0.461 e. The van der Waals surface area contributed by atoms with Crippen molar-refractivity contribution in [2.45, 2.75) is 24.4 Å². The Labute approximate surface area is 114 Å². The van der Waals surface area contributed by atoms with Gasteiger partial charge in [-0.2, -0.15) is 30.7 Å². The highest BCUT2D eigenvalue weighted by Gasteiger charge is 2.77. The maximum Gasteiger partial charge on any atom is 0.460 e.